The molecule has 0 amide bonds. The van der Waals surface area contributed by atoms with Crippen LogP contribution in [0.25, 0.3) is 10.6 Å². The highest BCUT2D eigenvalue weighted by Crippen LogP contribution is 2.44. The van der Waals surface area contributed by atoms with Gasteiger partial charge >= 0.3 is 0 Å². The monoisotopic (exact) mass is 367 g/mol. The number of ether oxygens (including phenoxy) is 1. The Bertz CT molecular complexity index is 921. The van der Waals surface area contributed by atoms with Gasteiger partial charge in [0, 0.05) is 24.4 Å². The Balaban J connectivity index is 2.11. The zero-order chi connectivity index (χ0) is 18.4. The average Bonchev–Trinajstić information content (AvgIpc) is 3.00. The fourth-order valence-corrected chi connectivity index (χ4v) is 3.49. The van der Waals surface area contributed by atoms with Crippen molar-refractivity contribution < 1.29 is 9.84 Å². The van der Waals surface area contributed by atoms with Gasteiger partial charge in [0.25, 0.3) is 0 Å². The maximum atomic E-state index is 9.64. The SMILES string of the molecule is CCNc1nncc(-c2sc(CCO)c(C#N)c2Oc2ccccc2)n1. The van der Waals surface area contributed by atoms with Crippen LogP contribution in [0.1, 0.15) is 17.4 Å². The van der Waals surface area contributed by atoms with E-state index in [1.165, 1.54) is 17.5 Å². The van der Waals surface area contributed by atoms with Crippen LogP contribution in [0.15, 0.2) is 36.5 Å². The first kappa shape index (κ1) is 17.8. The van der Waals surface area contributed by atoms with Crippen molar-refractivity contribution in [3.8, 4) is 28.1 Å². The molecule has 0 atom stereocenters. The van der Waals surface area contributed by atoms with Gasteiger partial charge < -0.3 is 15.2 Å². The molecule has 0 aliphatic rings. The van der Waals surface area contributed by atoms with E-state index >= 15 is 0 Å². The molecule has 0 unspecified atom stereocenters. The van der Waals surface area contributed by atoms with Crippen molar-refractivity contribution in [1.29, 1.82) is 5.26 Å². The zero-order valence-electron chi connectivity index (χ0n) is 14.1. The molecule has 0 bridgehead atoms. The van der Waals surface area contributed by atoms with E-state index in [0.29, 0.717) is 46.5 Å². The Labute approximate surface area is 154 Å². The number of nitrogens with one attached hydrogen (secondary N) is 1. The third-order valence-electron chi connectivity index (χ3n) is 3.48. The number of para-hydroxylation sites is 1. The molecule has 1 aromatic carbocycles. The second-order valence-electron chi connectivity index (χ2n) is 5.25. The first-order chi connectivity index (χ1) is 12.8. The highest BCUT2D eigenvalue weighted by atomic mass is 32.1. The largest absolute Gasteiger partial charge is 0.454 e. The lowest BCUT2D eigenvalue weighted by Gasteiger charge is -2.08. The normalized spacial score (nSPS) is 10.3. The molecule has 26 heavy (non-hydrogen) atoms. The molecule has 7 nitrogen and oxygen atoms in total. The van der Waals surface area contributed by atoms with Crippen molar-refractivity contribution in [3.05, 3.63) is 47.0 Å². The molecule has 2 aromatic heterocycles. The van der Waals surface area contributed by atoms with Crippen LogP contribution >= 0.6 is 11.3 Å². The summed E-state index contributed by atoms with van der Waals surface area (Å²) >= 11 is 1.37. The summed E-state index contributed by atoms with van der Waals surface area (Å²) in [4.78, 5) is 5.89. The van der Waals surface area contributed by atoms with Crippen LogP contribution in [-0.2, 0) is 6.42 Å². The van der Waals surface area contributed by atoms with Gasteiger partial charge in [0.05, 0.1) is 11.1 Å². The van der Waals surface area contributed by atoms with Crippen LogP contribution in [-0.4, -0.2) is 33.4 Å². The second kappa shape index (κ2) is 8.38. The van der Waals surface area contributed by atoms with Crippen LogP contribution in [0.4, 0.5) is 5.95 Å². The Kier molecular flexibility index (Phi) is 5.73. The van der Waals surface area contributed by atoms with E-state index in [4.69, 9.17) is 4.74 Å². The van der Waals surface area contributed by atoms with Gasteiger partial charge in [-0.15, -0.1) is 16.4 Å². The minimum Gasteiger partial charge on any atom is -0.454 e. The maximum Gasteiger partial charge on any atom is 0.243 e. The molecule has 8 heteroatoms. The van der Waals surface area contributed by atoms with Crippen LogP contribution in [0.2, 0.25) is 0 Å². The predicted molar refractivity (Wildman–Crippen MR) is 99.3 cm³/mol. The van der Waals surface area contributed by atoms with Gasteiger partial charge in [-0.2, -0.15) is 10.4 Å². The Morgan fingerprint density at radius 3 is 2.81 bits per heavy atom. The second-order valence-corrected chi connectivity index (χ2v) is 6.36. The smallest absolute Gasteiger partial charge is 0.243 e. The summed E-state index contributed by atoms with van der Waals surface area (Å²) in [6, 6.07) is 11.4. The molecule has 0 aliphatic heterocycles. The number of nitrogens with zero attached hydrogens (tertiary/aromatic N) is 4. The molecule has 0 aliphatic carbocycles. The van der Waals surface area contributed by atoms with Crippen molar-refractivity contribution in [2.24, 2.45) is 0 Å². The van der Waals surface area contributed by atoms with Crippen LogP contribution in [0, 0.1) is 11.3 Å². The van der Waals surface area contributed by atoms with Gasteiger partial charge in [0.15, 0.2) is 5.75 Å². The minimum atomic E-state index is -0.0515. The van der Waals surface area contributed by atoms with Crippen LogP contribution < -0.4 is 10.1 Å². The third-order valence-corrected chi connectivity index (χ3v) is 4.73. The van der Waals surface area contributed by atoms with Crippen molar-refractivity contribution in [1.82, 2.24) is 15.2 Å². The number of aliphatic hydroxyl groups is 1. The Hall–Kier alpha value is -3.02. The number of anilines is 1. The van der Waals surface area contributed by atoms with Gasteiger partial charge in [0.1, 0.15) is 23.1 Å². The molecule has 2 heterocycles. The number of aromatic nitrogens is 3. The topological polar surface area (TPSA) is 104 Å². The van der Waals surface area contributed by atoms with E-state index in [1.54, 1.807) is 0 Å². The predicted octanol–water partition coefficient (Wildman–Crippen LogP) is 3.23. The molecular weight excluding hydrogens is 350 g/mol. The lowest BCUT2D eigenvalue weighted by molar-refractivity contribution is 0.300. The van der Waals surface area contributed by atoms with E-state index in [-0.39, 0.29) is 6.61 Å². The van der Waals surface area contributed by atoms with E-state index in [2.05, 4.69) is 26.6 Å². The number of hydrogen-bond acceptors (Lipinski definition) is 8. The number of rotatable bonds is 7. The van der Waals surface area contributed by atoms with Gasteiger partial charge in [-0.05, 0) is 19.1 Å². The lowest BCUT2D eigenvalue weighted by Crippen LogP contribution is -2.03. The average molecular weight is 367 g/mol. The first-order valence-corrected chi connectivity index (χ1v) is 8.92. The maximum absolute atomic E-state index is 9.64. The van der Waals surface area contributed by atoms with E-state index in [0.717, 1.165) is 4.88 Å². The summed E-state index contributed by atoms with van der Waals surface area (Å²) in [5, 5.41) is 29.9. The van der Waals surface area contributed by atoms with Gasteiger partial charge in [-0.1, -0.05) is 18.2 Å². The fraction of sp³-hybridized carbons (Fsp3) is 0.222. The van der Waals surface area contributed by atoms with Crippen molar-refractivity contribution in [3.63, 3.8) is 0 Å². The standard InChI is InChI=1S/C18H17N5O2S/c1-2-20-18-22-14(11-21-23-18)17-16(25-12-6-4-3-5-7-12)13(10-19)15(26-17)8-9-24/h3-7,11,24H,2,8-9H2,1H3,(H,20,22,23). The molecule has 132 valence electrons. The minimum absolute atomic E-state index is 0.0515. The first-order valence-electron chi connectivity index (χ1n) is 8.10. The van der Waals surface area contributed by atoms with Gasteiger partial charge in [-0.25, -0.2) is 4.98 Å². The lowest BCUT2D eigenvalue weighted by atomic mass is 10.2. The van der Waals surface area contributed by atoms with Gasteiger partial charge in [0.2, 0.25) is 5.95 Å². The van der Waals surface area contributed by atoms with Crippen LogP contribution in [0.3, 0.4) is 0 Å². The van der Waals surface area contributed by atoms with Crippen LogP contribution in [0.5, 0.6) is 11.5 Å². The van der Waals surface area contributed by atoms with Crippen molar-refractivity contribution in [2.75, 3.05) is 18.5 Å². The highest BCUT2D eigenvalue weighted by Gasteiger charge is 2.23. The molecule has 3 rings (SSSR count). The molecular formula is C18H17N5O2S. The van der Waals surface area contributed by atoms with E-state index in [9.17, 15) is 10.4 Å². The summed E-state index contributed by atoms with van der Waals surface area (Å²) in [6.45, 7) is 2.56. The van der Waals surface area contributed by atoms with Gasteiger partial charge in [-0.3, -0.25) is 0 Å². The number of hydrogen-bond donors (Lipinski definition) is 2. The quantitative estimate of drug-likeness (QED) is 0.660. The summed E-state index contributed by atoms with van der Waals surface area (Å²) in [5.74, 6) is 1.45. The summed E-state index contributed by atoms with van der Waals surface area (Å²) in [5.41, 5.74) is 0.971. The molecule has 0 saturated carbocycles. The zero-order valence-corrected chi connectivity index (χ0v) is 15.0. The number of aliphatic hydroxyl groups excluding tert-OH is 1. The third kappa shape index (κ3) is 3.79. The Morgan fingerprint density at radius 2 is 2.12 bits per heavy atom. The fourth-order valence-electron chi connectivity index (χ4n) is 2.37. The molecule has 3 aromatic rings. The number of thiophene rings is 1. The summed E-state index contributed by atoms with van der Waals surface area (Å²) in [7, 11) is 0. The Morgan fingerprint density at radius 1 is 1.31 bits per heavy atom. The highest BCUT2D eigenvalue weighted by molar-refractivity contribution is 7.16. The number of benzene rings is 1. The van der Waals surface area contributed by atoms with E-state index < -0.39 is 0 Å². The molecule has 0 radical (unpaired) electrons. The molecule has 0 fully saturated rings. The summed E-state index contributed by atoms with van der Waals surface area (Å²) < 4.78 is 6.01. The van der Waals surface area contributed by atoms with Crippen molar-refractivity contribution in [2.45, 2.75) is 13.3 Å². The van der Waals surface area contributed by atoms with Crippen molar-refractivity contribution >= 4 is 17.3 Å². The number of nitriles is 1. The molecule has 2 N–H and O–H groups in total. The molecule has 0 saturated heterocycles. The van der Waals surface area contributed by atoms with E-state index in [1.807, 2.05) is 37.3 Å². The molecule has 0 spiro atoms. The summed E-state index contributed by atoms with van der Waals surface area (Å²) in [6.07, 6.45) is 1.91.